The molecule has 1 aromatic carbocycles. The highest BCUT2D eigenvalue weighted by Crippen LogP contribution is 2.34. The van der Waals surface area contributed by atoms with E-state index in [2.05, 4.69) is 4.98 Å². The molecule has 0 saturated heterocycles. The molecule has 4 nitrogen and oxygen atoms in total. The summed E-state index contributed by atoms with van der Waals surface area (Å²) in [6.07, 6.45) is 1.64. The molecule has 76 valence electrons. The largest absolute Gasteiger partial charge is 0.486 e. The van der Waals surface area contributed by atoms with E-state index in [1.165, 1.54) is 0 Å². The van der Waals surface area contributed by atoms with Crippen LogP contribution in [-0.2, 0) is 0 Å². The molecule has 3 rings (SSSR count). The van der Waals surface area contributed by atoms with Crippen LogP contribution < -0.4 is 15.2 Å². The van der Waals surface area contributed by atoms with Crippen LogP contribution in [0.15, 0.2) is 24.4 Å². The van der Waals surface area contributed by atoms with Gasteiger partial charge in [-0.2, -0.15) is 0 Å². The van der Waals surface area contributed by atoms with Gasteiger partial charge in [0.2, 0.25) is 0 Å². The summed E-state index contributed by atoms with van der Waals surface area (Å²) >= 11 is 0. The first-order chi connectivity index (χ1) is 7.33. The van der Waals surface area contributed by atoms with E-state index in [-0.39, 0.29) is 0 Å². The standard InChI is InChI=1S/C11H10N2O2/c12-8-3-7-4-10-11(15-2-1-14-10)5-9(7)13-6-8/h3-6H,1-2,12H2. The molecule has 0 saturated carbocycles. The number of nitrogen functional groups attached to an aromatic ring is 1. The summed E-state index contributed by atoms with van der Waals surface area (Å²) in [7, 11) is 0. The van der Waals surface area contributed by atoms with E-state index < -0.39 is 0 Å². The molecule has 4 heteroatoms. The van der Waals surface area contributed by atoms with Crippen molar-refractivity contribution in [1.29, 1.82) is 0 Å². The van der Waals surface area contributed by atoms with Crippen molar-refractivity contribution >= 4 is 16.6 Å². The molecule has 1 aliphatic rings. The molecule has 2 aromatic rings. The second kappa shape index (κ2) is 3.02. The number of anilines is 1. The van der Waals surface area contributed by atoms with E-state index in [0.29, 0.717) is 18.9 Å². The van der Waals surface area contributed by atoms with Gasteiger partial charge in [-0.05, 0) is 12.1 Å². The van der Waals surface area contributed by atoms with Gasteiger partial charge in [-0.15, -0.1) is 0 Å². The van der Waals surface area contributed by atoms with Crippen molar-refractivity contribution in [1.82, 2.24) is 4.98 Å². The molecule has 1 aliphatic heterocycles. The quantitative estimate of drug-likeness (QED) is 0.704. The first-order valence-corrected chi connectivity index (χ1v) is 4.78. The average molecular weight is 202 g/mol. The molecule has 0 aliphatic carbocycles. The minimum Gasteiger partial charge on any atom is -0.486 e. The van der Waals surface area contributed by atoms with Crippen molar-refractivity contribution in [2.45, 2.75) is 0 Å². The summed E-state index contributed by atoms with van der Waals surface area (Å²) < 4.78 is 10.9. The minimum atomic E-state index is 0.591. The van der Waals surface area contributed by atoms with Crippen molar-refractivity contribution in [2.75, 3.05) is 18.9 Å². The monoisotopic (exact) mass is 202 g/mol. The molecule has 1 aromatic heterocycles. The molecule has 0 unspecified atom stereocenters. The van der Waals surface area contributed by atoms with Crippen molar-refractivity contribution in [3.63, 3.8) is 0 Å². The van der Waals surface area contributed by atoms with Crippen LogP contribution in [-0.4, -0.2) is 18.2 Å². The summed E-state index contributed by atoms with van der Waals surface area (Å²) in [6.45, 7) is 1.18. The maximum Gasteiger partial charge on any atom is 0.163 e. The molecule has 0 spiro atoms. The number of nitrogens with zero attached hydrogens (tertiary/aromatic N) is 1. The second-order valence-electron chi connectivity index (χ2n) is 3.46. The molecular weight excluding hydrogens is 192 g/mol. The van der Waals surface area contributed by atoms with Gasteiger partial charge in [0.05, 0.1) is 17.4 Å². The van der Waals surface area contributed by atoms with Crippen molar-refractivity contribution < 1.29 is 9.47 Å². The Balaban J connectivity index is 2.26. The Morgan fingerprint density at radius 1 is 1.07 bits per heavy atom. The highest BCUT2D eigenvalue weighted by atomic mass is 16.6. The number of rotatable bonds is 0. The van der Waals surface area contributed by atoms with Crippen LogP contribution in [0.3, 0.4) is 0 Å². The maximum atomic E-state index is 5.67. The Kier molecular flexibility index (Phi) is 1.68. The number of aromatic nitrogens is 1. The molecule has 0 radical (unpaired) electrons. The van der Waals surface area contributed by atoms with Gasteiger partial charge in [-0.3, -0.25) is 4.98 Å². The van der Waals surface area contributed by atoms with Crippen LogP contribution in [0.2, 0.25) is 0 Å². The summed E-state index contributed by atoms with van der Waals surface area (Å²) in [6, 6.07) is 5.66. The van der Waals surface area contributed by atoms with Crippen LogP contribution in [0.1, 0.15) is 0 Å². The van der Waals surface area contributed by atoms with Gasteiger partial charge >= 0.3 is 0 Å². The number of pyridine rings is 1. The first-order valence-electron chi connectivity index (χ1n) is 4.78. The molecule has 0 fully saturated rings. The molecule has 0 amide bonds. The van der Waals surface area contributed by atoms with Crippen molar-refractivity contribution in [3.8, 4) is 11.5 Å². The van der Waals surface area contributed by atoms with Gasteiger partial charge in [0, 0.05) is 11.5 Å². The zero-order valence-electron chi connectivity index (χ0n) is 8.06. The number of hydrogen-bond donors (Lipinski definition) is 1. The van der Waals surface area contributed by atoms with Gasteiger partial charge in [-0.25, -0.2) is 0 Å². The smallest absolute Gasteiger partial charge is 0.163 e. The predicted molar refractivity (Wildman–Crippen MR) is 57.1 cm³/mol. The highest BCUT2D eigenvalue weighted by molar-refractivity contribution is 5.84. The Morgan fingerprint density at radius 2 is 1.80 bits per heavy atom. The van der Waals surface area contributed by atoms with E-state index >= 15 is 0 Å². The van der Waals surface area contributed by atoms with E-state index in [9.17, 15) is 0 Å². The fourth-order valence-electron chi connectivity index (χ4n) is 1.68. The normalized spacial score (nSPS) is 14.1. The lowest BCUT2D eigenvalue weighted by atomic mass is 10.2. The van der Waals surface area contributed by atoms with Crippen LogP contribution in [0.25, 0.3) is 10.9 Å². The molecule has 2 heterocycles. The van der Waals surface area contributed by atoms with Gasteiger partial charge in [0.25, 0.3) is 0 Å². The number of benzene rings is 1. The number of nitrogens with two attached hydrogens (primary N) is 1. The van der Waals surface area contributed by atoms with Crippen molar-refractivity contribution in [3.05, 3.63) is 24.4 Å². The highest BCUT2D eigenvalue weighted by Gasteiger charge is 2.12. The SMILES string of the molecule is Nc1cnc2cc3c(cc2c1)OCCO3. The van der Waals surface area contributed by atoms with E-state index in [1.54, 1.807) is 6.20 Å². The third-order valence-electron chi connectivity index (χ3n) is 2.37. The van der Waals surface area contributed by atoms with E-state index in [0.717, 1.165) is 22.4 Å². The Labute approximate surface area is 86.6 Å². The van der Waals surface area contributed by atoms with E-state index in [1.807, 2.05) is 18.2 Å². The average Bonchev–Trinajstić information content (AvgIpc) is 2.26. The first kappa shape index (κ1) is 8.35. The zero-order chi connectivity index (χ0) is 10.3. The Bertz CT molecular complexity index is 525. The number of fused-ring (bicyclic) bond motifs is 2. The van der Waals surface area contributed by atoms with Crippen LogP contribution in [0.4, 0.5) is 5.69 Å². The minimum absolute atomic E-state index is 0.591. The summed E-state index contributed by atoms with van der Waals surface area (Å²) in [5.74, 6) is 1.52. The Morgan fingerprint density at radius 3 is 2.60 bits per heavy atom. The van der Waals surface area contributed by atoms with Crippen LogP contribution in [0.5, 0.6) is 11.5 Å². The molecule has 15 heavy (non-hydrogen) atoms. The summed E-state index contributed by atoms with van der Waals surface area (Å²) in [4.78, 5) is 4.23. The van der Waals surface area contributed by atoms with Crippen molar-refractivity contribution in [2.24, 2.45) is 0 Å². The summed E-state index contributed by atoms with van der Waals surface area (Å²) in [5.41, 5.74) is 7.19. The lowest BCUT2D eigenvalue weighted by Gasteiger charge is -2.18. The number of hydrogen-bond acceptors (Lipinski definition) is 4. The summed E-state index contributed by atoms with van der Waals surface area (Å²) in [5, 5.41) is 0.972. The van der Waals surface area contributed by atoms with Gasteiger partial charge in [-0.1, -0.05) is 0 Å². The van der Waals surface area contributed by atoms with Gasteiger partial charge in [0.15, 0.2) is 11.5 Å². The third kappa shape index (κ3) is 1.34. The molecule has 0 atom stereocenters. The maximum absolute atomic E-state index is 5.67. The number of ether oxygens (including phenoxy) is 2. The molecular formula is C11H10N2O2. The van der Waals surface area contributed by atoms with E-state index in [4.69, 9.17) is 15.2 Å². The topological polar surface area (TPSA) is 57.4 Å². The lowest BCUT2D eigenvalue weighted by Crippen LogP contribution is -2.15. The second-order valence-corrected chi connectivity index (χ2v) is 3.46. The zero-order valence-corrected chi connectivity index (χ0v) is 8.06. The lowest BCUT2D eigenvalue weighted by molar-refractivity contribution is 0.172. The molecule has 0 bridgehead atoms. The third-order valence-corrected chi connectivity index (χ3v) is 2.37. The van der Waals surface area contributed by atoms with Crippen LogP contribution >= 0.6 is 0 Å². The Hall–Kier alpha value is -1.97. The predicted octanol–water partition coefficient (Wildman–Crippen LogP) is 1.59. The fourth-order valence-corrected chi connectivity index (χ4v) is 1.68. The molecule has 2 N–H and O–H groups in total. The van der Waals surface area contributed by atoms with Gasteiger partial charge in [0.1, 0.15) is 13.2 Å². The fraction of sp³-hybridized carbons (Fsp3) is 0.182. The van der Waals surface area contributed by atoms with Gasteiger partial charge < -0.3 is 15.2 Å². The van der Waals surface area contributed by atoms with Crippen LogP contribution in [0, 0.1) is 0 Å².